The van der Waals surface area contributed by atoms with Crippen molar-refractivity contribution in [1.82, 2.24) is 9.59 Å². The van der Waals surface area contributed by atoms with Crippen LogP contribution in [0, 0.1) is 0 Å². The lowest BCUT2D eigenvalue weighted by Gasteiger charge is -2.13. The number of hydrogen-bond donors (Lipinski definition) is 1. The van der Waals surface area contributed by atoms with E-state index in [0.717, 1.165) is 11.5 Å². The van der Waals surface area contributed by atoms with Crippen LogP contribution in [0.1, 0.15) is 6.92 Å². The summed E-state index contributed by atoms with van der Waals surface area (Å²) in [5, 5.41) is 6.91. The average Bonchev–Trinajstić information content (AvgIpc) is 2.83. The van der Waals surface area contributed by atoms with Crippen LogP contribution < -0.4 is 10.1 Å². The SMILES string of the molecule is C[C@@H](Oc1ccccc1)C(=O)Nc1cnns1. The van der Waals surface area contributed by atoms with E-state index in [0.29, 0.717) is 10.8 Å². The quantitative estimate of drug-likeness (QED) is 0.899. The molecule has 0 spiro atoms. The summed E-state index contributed by atoms with van der Waals surface area (Å²) in [4.78, 5) is 11.7. The topological polar surface area (TPSA) is 64.1 Å². The summed E-state index contributed by atoms with van der Waals surface area (Å²) >= 11 is 1.13. The van der Waals surface area contributed by atoms with Crippen LogP contribution in [-0.2, 0) is 4.79 Å². The van der Waals surface area contributed by atoms with E-state index >= 15 is 0 Å². The molecule has 0 fully saturated rings. The van der Waals surface area contributed by atoms with Gasteiger partial charge < -0.3 is 10.1 Å². The van der Waals surface area contributed by atoms with Crippen LogP contribution in [-0.4, -0.2) is 21.6 Å². The lowest BCUT2D eigenvalue weighted by Crippen LogP contribution is -2.29. The first-order chi connectivity index (χ1) is 8.25. The van der Waals surface area contributed by atoms with E-state index < -0.39 is 6.10 Å². The third-order valence-electron chi connectivity index (χ3n) is 2.03. The van der Waals surface area contributed by atoms with E-state index in [1.165, 1.54) is 6.20 Å². The molecule has 1 aromatic heterocycles. The summed E-state index contributed by atoms with van der Waals surface area (Å²) < 4.78 is 9.13. The number of rotatable bonds is 4. The Morgan fingerprint density at radius 3 is 2.82 bits per heavy atom. The minimum absolute atomic E-state index is 0.222. The van der Waals surface area contributed by atoms with Gasteiger partial charge in [0.1, 0.15) is 10.8 Å². The van der Waals surface area contributed by atoms with Gasteiger partial charge in [0.05, 0.1) is 6.20 Å². The molecule has 1 aromatic carbocycles. The maximum atomic E-state index is 11.7. The monoisotopic (exact) mass is 249 g/mol. The highest BCUT2D eigenvalue weighted by Crippen LogP contribution is 2.13. The molecular formula is C11H11N3O2S. The van der Waals surface area contributed by atoms with Gasteiger partial charge in [0, 0.05) is 11.5 Å². The molecule has 2 aromatic rings. The summed E-state index contributed by atoms with van der Waals surface area (Å²) in [5.41, 5.74) is 0. The van der Waals surface area contributed by atoms with Crippen molar-refractivity contribution < 1.29 is 9.53 Å². The Kier molecular flexibility index (Phi) is 3.66. The number of benzene rings is 1. The molecule has 1 atom stereocenters. The predicted octanol–water partition coefficient (Wildman–Crippen LogP) is 1.94. The fraction of sp³-hybridized carbons (Fsp3) is 0.182. The molecule has 6 heteroatoms. The number of para-hydroxylation sites is 1. The Balaban J connectivity index is 1.92. The van der Waals surface area contributed by atoms with E-state index in [1.54, 1.807) is 19.1 Å². The summed E-state index contributed by atoms with van der Waals surface area (Å²) in [6, 6.07) is 9.21. The van der Waals surface area contributed by atoms with E-state index in [1.807, 2.05) is 18.2 Å². The smallest absolute Gasteiger partial charge is 0.265 e. The first-order valence-corrected chi connectivity index (χ1v) is 5.83. The van der Waals surface area contributed by atoms with Crippen LogP contribution in [0.3, 0.4) is 0 Å². The molecule has 1 N–H and O–H groups in total. The fourth-order valence-electron chi connectivity index (χ4n) is 1.20. The highest BCUT2D eigenvalue weighted by atomic mass is 32.1. The van der Waals surface area contributed by atoms with Gasteiger partial charge in [0.25, 0.3) is 5.91 Å². The van der Waals surface area contributed by atoms with E-state index in [4.69, 9.17) is 4.74 Å². The first-order valence-electron chi connectivity index (χ1n) is 5.05. The van der Waals surface area contributed by atoms with Crippen LogP contribution in [0.2, 0.25) is 0 Å². The second kappa shape index (κ2) is 5.40. The number of aromatic nitrogens is 2. The van der Waals surface area contributed by atoms with Gasteiger partial charge in [0.15, 0.2) is 6.10 Å². The third-order valence-corrected chi connectivity index (χ3v) is 2.61. The summed E-state index contributed by atoms with van der Waals surface area (Å²) in [6.45, 7) is 1.69. The number of ether oxygens (including phenoxy) is 1. The Morgan fingerprint density at radius 1 is 1.41 bits per heavy atom. The zero-order valence-corrected chi connectivity index (χ0v) is 9.98. The van der Waals surface area contributed by atoms with Gasteiger partial charge in [-0.2, -0.15) is 0 Å². The zero-order valence-electron chi connectivity index (χ0n) is 9.16. The Bertz CT molecular complexity index is 473. The zero-order chi connectivity index (χ0) is 12.1. The normalized spacial score (nSPS) is 11.8. The van der Waals surface area contributed by atoms with Gasteiger partial charge in [-0.15, -0.1) is 5.10 Å². The van der Waals surface area contributed by atoms with Crippen molar-refractivity contribution in [2.45, 2.75) is 13.0 Å². The molecule has 0 aliphatic rings. The van der Waals surface area contributed by atoms with Crippen molar-refractivity contribution in [2.24, 2.45) is 0 Å². The highest BCUT2D eigenvalue weighted by Gasteiger charge is 2.15. The van der Waals surface area contributed by atoms with E-state index in [2.05, 4.69) is 14.9 Å². The van der Waals surface area contributed by atoms with Gasteiger partial charge in [-0.05, 0) is 19.1 Å². The number of nitrogens with zero attached hydrogens (tertiary/aromatic N) is 2. The van der Waals surface area contributed by atoms with Crippen molar-refractivity contribution in [3.63, 3.8) is 0 Å². The number of amides is 1. The van der Waals surface area contributed by atoms with Gasteiger partial charge in [-0.25, -0.2) is 0 Å². The number of anilines is 1. The second-order valence-electron chi connectivity index (χ2n) is 3.34. The molecule has 17 heavy (non-hydrogen) atoms. The van der Waals surface area contributed by atoms with Crippen LogP contribution in [0.5, 0.6) is 5.75 Å². The summed E-state index contributed by atoms with van der Waals surface area (Å²) in [6.07, 6.45) is 0.928. The summed E-state index contributed by atoms with van der Waals surface area (Å²) in [7, 11) is 0. The van der Waals surface area contributed by atoms with Crippen LogP contribution in [0.4, 0.5) is 5.00 Å². The van der Waals surface area contributed by atoms with Gasteiger partial charge in [0.2, 0.25) is 0 Å². The highest BCUT2D eigenvalue weighted by molar-refractivity contribution is 7.10. The molecule has 0 bridgehead atoms. The fourth-order valence-corrected chi connectivity index (χ4v) is 1.62. The molecular weight excluding hydrogens is 238 g/mol. The van der Waals surface area contributed by atoms with Crippen molar-refractivity contribution in [3.8, 4) is 5.75 Å². The third kappa shape index (κ3) is 3.25. The van der Waals surface area contributed by atoms with Crippen molar-refractivity contribution in [2.75, 3.05) is 5.32 Å². The molecule has 0 saturated heterocycles. The first kappa shape index (κ1) is 11.5. The lowest BCUT2D eigenvalue weighted by molar-refractivity contribution is -0.122. The molecule has 0 unspecified atom stereocenters. The molecule has 5 nitrogen and oxygen atoms in total. The Morgan fingerprint density at radius 2 is 2.18 bits per heavy atom. The number of nitrogens with one attached hydrogen (secondary N) is 1. The van der Waals surface area contributed by atoms with Gasteiger partial charge >= 0.3 is 0 Å². The second-order valence-corrected chi connectivity index (χ2v) is 4.13. The minimum Gasteiger partial charge on any atom is -0.481 e. The Labute approximate surface area is 103 Å². The van der Waals surface area contributed by atoms with E-state index in [9.17, 15) is 4.79 Å². The van der Waals surface area contributed by atoms with Crippen molar-refractivity contribution in [1.29, 1.82) is 0 Å². The molecule has 0 radical (unpaired) electrons. The van der Waals surface area contributed by atoms with Crippen LogP contribution in [0.15, 0.2) is 36.5 Å². The van der Waals surface area contributed by atoms with Gasteiger partial charge in [-0.3, -0.25) is 4.79 Å². The minimum atomic E-state index is -0.570. The average molecular weight is 249 g/mol. The molecule has 1 heterocycles. The van der Waals surface area contributed by atoms with Crippen LogP contribution >= 0.6 is 11.5 Å². The predicted molar refractivity (Wildman–Crippen MR) is 65.1 cm³/mol. The number of carbonyl (C=O) groups is 1. The molecule has 0 aliphatic heterocycles. The molecule has 0 saturated carbocycles. The molecule has 1 amide bonds. The lowest BCUT2D eigenvalue weighted by atomic mass is 10.3. The molecule has 0 aliphatic carbocycles. The maximum absolute atomic E-state index is 11.7. The Hall–Kier alpha value is -1.95. The summed E-state index contributed by atoms with van der Waals surface area (Å²) in [5.74, 6) is 0.442. The molecule has 2 rings (SSSR count). The number of hydrogen-bond acceptors (Lipinski definition) is 5. The number of carbonyl (C=O) groups excluding carboxylic acids is 1. The standard InChI is InChI=1S/C11H11N3O2S/c1-8(16-9-5-3-2-4-6-9)11(15)13-10-7-12-14-17-10/h2-8H,1H3,(H,13,15)/t8-/m1/s1. The van der Waals surface area contributed by atoms with Crippen molar-refractivity contribution in [3.05, 3.63) is 36.5 Å². The van der Waals surface area contributed by atoms with Crippen molar-refractivity contribution >= 4 is 22.4 Å². The van der Waals surface area contributed by atoms with Gasteiger partial charge in [-0.1, -0.05) is 22.7 Å². The largest absolute Gasteiger partial charge is 0.481 e. The molecule has 88 valence electrons. The van der Waals surface area contributed by atoms with E-state index in [-0.39, 0.29) is 5.91 Å². The van der Waals surface area contributed by atoms with Crippen LogP contribution in [0.25, 0.3) is 0 Å². The maximum Gasteiger partial charge on any atom is 0.265 e.